The van der Waals surface area contributed by atoms with Crippen molar-refractivity contribution in [2.24, 2.45) is 5.41 Å². The highest BCUT2D eigenvalue weighted by molar-refractivity contribution is 7.03. The first-order valence-electron chi connectivity index (χ1n) is 5.11. The fourth-order valence-electron chi connectivity index (χ4n) is 1.70. The van der Waals surface area contributed by atoms with Gasteiger partial charge in [-0.25, -0.2) is 0 Å². The Balaban J connectivity index is 2.24. The van der Waals surface area contributed by atoms with Gasteiger partial charge in [0.25, 0.3) is 0 Å². The Kier molecular flexibility index (Phi) is 4.63. The molecule has 1 rings (SSSR count). The van der Waals surface area contributed by atoms with Crippen LogP contribution < -0.4 is 5.32 Å². The predicted octanol–water partition coefficient (Wildman–Crippen LogP) is 1.22. The van der Waals surface area contributed by atoms with Gasteiger partial charge >= 0.3 is 0 Å². The maximum absolute atomic E-state index is 3.99. The minimum absolute atomic E-state index is 0.285. The van der Waals surface area contributed by atoms with Crippen molar-refractivity contribution in [2.45, 2.75) is 20.4 Å². The lowest BCUT2D eigenvalue weighted by Gasteiger charge is -2.28. The number of aromatic nitrogens is 2. The normalized spacial score (nSPS) is 12.3. The van der Waals surface area contributed by atoms with Crippen molar-refractivity contribution in [3.05, 3.63) is 11.1 Å². The van der Waals surface area contributed by atoms with Crippen LogP contribution in [0.25, 0.3) is 0 Å². The zero-order valence-electron chi connectivity index (χ0n) is 9.95. The van der Waals surface area contributed by atoms with E-state index in [1.54, 1.807) is 0 Å². The molecule has 0 radical (unpaired) electrons. The summed E-state index contributed by atoms with van der Waals surface area (Å²) in [6, 6.07) is 0. The number of rotatable bonds is 6. The second kappa shape index (κ2) is 5.53. The van der Waals surface area contributed by atoms with Gasteiger partial charge in [-0.2, -0.15) is 0 Å². The molecule has 4 nitrogen and oxygen atoms in total. The number of hydrogen-bond donors (Lipinski definition) is 1. The van der Waals surface area contributed by atoms with Gasteiger partial charge in [-0.15, -0.1) is 5.10 Å². The minimum Gasteiger partial charge on any atom is -0.310 e. The average Bonchev–Trinajstić information content (AvgIpc) is 2.53. The first kappa shape index (κ1) is 12.5. The van der Waals surface area contributed by atoms with Gasteiger partial charge in [0.2, 0.25) is 0 Å². The Labute approximate surface area is 95.8 Å². The van der Waals surface area contributed by atoms with Crippen LogP contribution in [0, 0.1) is 5.41 Å². The smallest absolute Gasteiger partial charge is 0.0893 e. The van der Waals surface area contributed by atoms with Gasteiger partial charge < -0.3 is 10.2 Å². The van der Waals surface area contributed by atoms with Crippen LogP contribution in [0.4, 0.5) is 0 Å². The molecular weight excluding hydrogens is 208 g/mol. The molecule has 0 amide bonds. The van der Waals surface area contributed by atoms with Crippen LogP contribution in [-0.2, 0) is 6.54 Å². The fraction of sp³-hybridized carbons (Fsp3) is 0.800. The third kappa shape index (κ3) is 5.20. The second-order valence-corrected chi connectivity index (χ2v) is 5.51. The Morgan fingerprint density at radius 1 is 1.47 bits per heavy atom. The van der Waals surface area contributed by atoms with E-state index in [1.807, 2.05) is 5.38 Å². The van der Waals surface area contributed by atoms with Crippen molar-refractivity contribution < 1.29 is 0 Å². The van der Waals surface area contributed by atoms with Crippen molar-refractivity contribution in [1.82, 2.24) is 19.8 Å². The summed E-state index contributed by atoms with van der Waals surface area (Å²) in [6.45, 7) is 7.41. The molecule has 0 aliphatic rings. The molecule has 15 heavy (non-hydrogen) atoms. The molecule has 1 aromatic heterocycles. The van der Waals surface area contributed by atoms with Crippen molar-refractivity contribution >= 4 is 11.5 Å². The summed E-state index contributed by atoms with van der Waals surface area (Å²) in [4.78, 5) is 2.21. The highest BCUT2D eigenvalue weighted by atomic mass is 32.1. The van der Waals surface area contributed by atoms with Crippen LogP contribution in [0.15, 0.2) is 5.38 Å². The molecule has 0 saturated heterocycles. The van der Waals surface area contributed by atoms with Crippen molar-refractivity contribution in [1.29, 1.82) is 0 Å². The summed E-state index contributed by atoms with van der Waals surface area (Å²) in [7, 11) is 4.21. The lowest BCUT2D eigenvalue weighted by molar-refractivity contribution is 0.232. The van der Waals surface area contributed by atoms with E-state index in [1.165, 1.54) is 11.5 Å². The molecule has 1 aromatic rings. The van der Waals surface area contributed by atoms with E-state index in [-0.39, 0.29) is 5.41 Å². The van der Waals surface area contributed by atoms with E-state index >= 15 is 0 Å². The van der Waals surface area contributed by atoms with Gasteiger partial charge in [0.05, 0.1) is 5.69 Å². The van der Waals surface area contributed by atoms with Crippen molar-refractivity contribution in [3.8, 4) is 0 Å². The summed E-state index contributed by atoms with van der Waals surface area (Å²) < 4.78 is 3.83. The molecule has 0 unspecified atom stereocenters. The van der Waals surface area contributed by atoms with E-state index in [4.69, 9.17) is 0 Å². The van der Waals surface area contributed by atoms with Crippen LogP contribution in [0.1, 0.15) is 19.5 Å². The maximum atomic E-state index is 3.99. The average molecular weight is 228 g/mol. The van der Waals surface area contributed by atoms with Crippen LogP contribution in [0.5, 0.6) is 0 Å². The summed E-state index contributed by atoms with van der Waals surface area (Å²) in [5.41, 5.74) is 1.31. The minimum atomic E-state index is 0.285. The summed E-state index contributed by atoms with van der Waals surface area (Å²) in [6.07, 6.45) is 0. The quantitative estimate of drug-likeness (QED) is 0.795. The Morgan fingerprint density at radius 3 is 2.73 bits per heavy atom. The Hall–Kier alpha value is -0.520. The van der Waals surface area contributed by atoms with Crippen LogP contribution in [-0.4, -0.2) is 41.7 Å². The van der Waals surface area contributed by atoms with Crippen molar-refractivity contribution in [3.63, 3.8) is 0 Å². The summed E-state index contributed by atoms with van der Waals surface area (Å²) in [5, 5.41) is 9.38. The zero-order valence-corrected chi connectivity index (χ0v) is 10.8. The zero-order chi connectivity index (χ0) is 11.3. The number of nitrogens with zero attached hydrogens (tertiary/aromatic N) is 3. The molecule has 0 atom stereocenters. The molecular formula is C10H20N4S. The largest absolute Gasteiger partial charge is 0.310 e. The van der Waals surface area contributed by atoms with E-state index in [9.17, 15) is 0 Å². The highest BCUT2D eigenvalue weighted by Crippen LogP contribution is 2.14. The monoisotopic (exact) mass is 228 g/mol. The van der Waals surface area contributed by atoms with Gasteiger partial charge in [0.1, 0.15) is 0 Å². The molecule has 0 aliphatic carbocycles. The number of nitrogens with one attached hydrogen (secondary N) is 1. The molecule has 86 valence electrons. The highest BCUT2D eigenvalue weighted by Gasteiger charge is 2.18. The number of hydrogen-bond acceptors (Lipinski definition) is 5. The molecule has 0 spiro atoms. The molecule has 0 bridgehead atoms. The van der Waals surface area contributed by atoms with Gasteiger partial charge in [0.15, 0.2) is 0 Å². The molecule has 1 heterocycles. The SMILES string of the molecule is CN(C)CC(C)(C)CNCc1csnn1. The van der Waals surface area contributed by atoms with E-state index in [0.717, 1.165) is 25.3 Å². The fourth-order valence-corrected chi connectivity index (χ4v) is 2.15. The van der Waals surface area contributed by atoms with Gasteiger partial charge in [-0.1, -0.05) is 18.3 Å². The Morgan fingerprint density at radius 2 is 2.20 bits per heavy atom. The summed E-state index contributed by atoms with van der Waals surface area (Å²) in [5.74, 6) is 0. The molecule has 5 heteroatoms. The first-order valence-corrected chi connectivity index (χ1v) is 5.95. The second-order valence-electron chi connectivity index (χ2n) is 4.90. The topological polar surface area (TPSA) is 41.0 Å². The van der Waals surface area contributed by atoms with Gasteiger partial charge in [0, 0.05) is 25.0 Å². The lowest BCUT2D eigenvalue weighted by Crippen LogP contribution is -2.37. The molecule has 0 saturated carbocycles. The molecule has 0 fully saturated rings. The van der Waals surface area contributed by atoms with E-state index < -0.39 is 0 Å². The third-order valence-electron chi connectivity index (χ3n) is 2.06. The van der Waals surface area contributed by atoms with Gasteiger partial charge in [-0.3, -0.25) is 0 Å². The predicted molar refractivity (Wildman–Crippen MR) is 64.0 cm³/mol. The van der Waals surface area contributed by atoms with Crippen LogP contribution in [0.3, 0.4) is 0 Å². The van der Waals surface area contributed by atoms with E-state index in [0.29, 0.717) is 0 Å². The third-order valence-corrected chi connectivity index (χ3v) is 2.61. The maximum Gasteiger partial charge on any atom is 0.0893 e. The van der Waals surface area contributed by atoms with Gasteiger partial charge in [-0.05, 0) is 31.0 Å². The molecule has 0 aliphatic heterocycles. The summed E-state index contributed by atoms with van der Waals surface area (Å²) >= 11 is 1.40. The van der Waals surface area contributed by atoms with E-state index in [2.05, 4.69) is 47.7 Å². The first-order chi connectivity index (χ1) is 6.99. The van der Waals surface area contributed by atoms with Crippen LogP contribution in [0.2, 0.25) is 0 Å². The molecule has 1 N–H and O–H groups in total. The lowest BCUT2D eigenvalue weighted by atomic mass is 9.93. The standard InChI is InChI=1S/C10H20N4S/c1-10(2,8-14(3)4)7-11-5-9-6-15-13-12-9/h6,11H,5,7-8H2,1-4H3. The Bertz CT molecular complexity index is 269. The molecule has 0 aromatic carbocycles. The van der Waals surface area contributed by atoms with Crippen LogP contribution >= 0.6 is 11.5 Å². The van der Waals surface area contributed by atoms with Crippen molar-refractivity contribution in [2.75, 3.05) is 27.2 Å².